The lowest BCUT2D eigenvalue weighted by molar-refractivity contribution is -0.117. The lowest BCUT2D eigenvalue weighted by atomic mass is 10.1. The highest BCUT2D eigenvalue weighted by Crippen LogP contribution is 2.17. The molecule has 0 aliphatic heterocycles. The molecule has 1 aromatic carbocycles. The number of carbonyl (C=O) groups excluding carboxylic acids is 3. The number of benzene rings is 1. The molecule has 0 aliphatic carbocycles. The quantitative estimate of drug-likeness (QED) is 0.758. The van der Waals surface area contributed by atoms with Gasteiger partial charge >= 0.3 is 6.09 Å². The molecule has 1 aromatic rings. The van der Waals surface area contributed by atoms with Gasteiger partial charge in [-0.25, -0.2) is 9.00 Å². The summed E-state index contributed by atoms with van der Waals surface area (Å²) in [4.78, 5) is 33.8. The lowest BCUT2D eigenvalue weighted by Crippen LogP contribution is -2.33. The number of hydrogen-bond donors (Lipinski definition) is 1. The molecule has 2 amide bonds. The highest BCUT2D eigenvalue weighted by molar-refractivity contribution is 7.92. The summed E-state index contributed by atoms with van der Waals surface area (Å²) in [5.41, 5.74) is 0.765. The summed E-state index contributed by atoms with van der Waals surface area (Å²) >= 11 is 0. The lowest BCUT2D eigenvalue weighted by Gasteiger charge is -2.15. The van der Waals surface area contributed by atoms with E-state index in [0.717, 1.165) is 5.56 Å². The zero-order valence-electron chi connectivity index (χ0n) is 13.9. The van der Waals surface area contributed by atoms with Crippen LogP contribution in [0.5, 0.6) is 0 Å². The van der Waals surface area contributed by atoms with Crippen molar-refractivity contribution in [3.63, 3.8) is 0 Å². The Morgan fingerprint density at radius 2 is 1.92 bits per heavy atom. The van der Waals surface area contributed by atoms with E-state index in [-0.39, 0.29) is 18.1 Å². The Labute approximate surface area is 142 Å². The van der Waals surface area contributed by atoms with Crippen molar-refractivity contribution in [2.75, 3.05) is 5.75 Å². The molecule has 0 radical (unpaired) electrons. The predicted octanol–water partition coefficient (Wildman–Crippen LogP) is 2.63. The van der Waals surface area contributed by atoms with E-state index in [2.05, 4.69) is 9.08 Å². The summed E-state index contributed by atoms with van der Waals surface area (Å²) in [5, 5.41) is 0. The Balaban J connectivity index is 2.91. The van der Waals surface area contributed by atoms with Crippen molar-refractivity contribution in [3.05, 3.63) is 35.9 Å². The van der Waals surface area contributed by atoms with Gasteiger partial charge in [-0.05, 0) is 18.4 Å². The number of nitrogens with zero attached hydrogens (tertiary/aromatic N) is 1. The zero-order valence-corrected chi connectivity index (χ0v) is 14.7. The van der Waals surface area contributed by atoms with Gasteiger partial charge in [-0.1, -0.05) is 37.3 Å². The molecule has 0 saturated heterocycles. The predicted molar refractivity (Wildman–Crippen MR) is 90.4 cm³/mol. The summed E-state index contributed by atoms with van der Waals surface area (Å²) in [5.74, 6) is -0.990. The standard InChI is InChI=1S/C16H22N2O5S/c1-12(9-10-19)11-24(22,17-14(3)20)18-16(21)23-13(2)15-7-5-4-6-8-15/h4-8,10,12-13H,9,11H2,1-3H3,(H,17,18,20,21,22). The van der Waals surface area contributed by atoms with E-state index in [4.69, 9.17) is 4.74 Å². The van der Waals surface area contributed by atoms with Crippen molar-refractivity contribution in [2.24, 2.45) is 10.3 Å². The molecule has 1 rings (SSSR count). The van der Waals surface area contributed by atoms with Crippen molar-refractivity contribution in [1.82, 2.24) is 4.72 Å². The number of nitrogens with one attached hydrogen (secondary N) is 1. The number of carbonyl (C=O) groups is 3. The van der Waals surface area contributed by atoms with Gasteiger partial charge in [0.05, 0.1) is 5.75 Å². The molecule has 7 nitrogen and oxygen atoms in total. The molecule has 3 atom stereocenters. The van der Waals surface area contributed by atoms with E-state index in [0.29, 0.717) is 6.29 Å². The number of hydrogen-bond acceptors (Lipinski definition) is 5. The third-order valence-corrected chi connectivity index (χ3v) is 5.15. The summed E-state index contributed by atoms with van der Waals surface area (Å²) < 4.78 is 23.6. The highest BCUT2D eigenvalue weighted by Gasteiger charge is 2.19. The summed E-state index contributed by atoms with van der Waals surface area (Å²) in [7, 11) is -3.34. The Kier molecular flexibility index (Phi) is 7.57. The average molecular weight is 354 g/mol. The second-order valence-electron chi connectivity index (χ2n) is 5.50. The number of ether oxygens (including phenoxy) is 1. The van der Waals surface area contributed by atoms with Gasteiger partial charge in [0.2, 0.25) is 5.91 Å². The highest BCUT2D eigenvalue weighted by atomic mass is 32.2. The van der Waals surface area contributed by atoms with Crippen molar-refractivity contribution in [1.29, 1.82) is 0 Å². The first-order chi connectivity index (χ1) is 11.3. The van der Waals surface area contributed by atoms with Crippen LogP contribution in [-0.2, 0) is 24.2 Å². The molecular weight excluding hydrogens is 332 g/mol. The fraction of sp³-hybridized carbons (Fsp3) is 0.438. The molecule has 0 saturated carbocycles. The fourth-order valence-electron chi connectivity index (χ4n) is 2.03. The number of amides is 2. The van der Waals surface area contributed by atoms with Crippen LogP contribution < -0.4 is 4.72 Å². The Morgan fingerprint density at radius 1 is 1.29 bits per heavy atom. The van der Waals surface area contributed by atoms with E-state index in [1.165, 1.54) is 6.92 Å². The van der Waals surface area contributed by atoms with Crippen LogP contribution in [0.25, 0.3) is 0 Å². The summed E-state index contributed by atoms with van der Waals surface area (Å²) in [6.45, 7) is 4.53. The molecule has 24 heavy (non-hydrogen) atoms. The topological polar surface area (TPSA) is 102 Å². The largest absolute Gasteiger partial charge is 0.443 e. The van der Waals surface area contributed by atoms with Gasteiger partial charge in [-0.2, -0.15) is 0 Å². The van der Waals surface area contributed by atoms with Gasteiger partial charge in [0.1, 0.15) is 22.3 Å². The molecule has 0 spiro atoms. The molecule has 0 aliphatic rings. The first-order valence-corrected chi connectivity index (χ1v) is 9.16. The smallest absolute Gasteiger partial charge is 0.440 e. The minimum absolute atomic E-state index is 0.111. The minimum Gasteiger partial charge on any atom is -0.440 e. The van der Waals surface area contributed by atoms with Crippen LogP contribution in [-0.4, -0.2) is 28.2 Å². The van der Waals surface area contributed by atoms with Gasteiger partial charge in [-0.3, -0.25) is 9.52 Å². The van der Waals surface area contributed by atoms with E-state index in [1.807, 2.05) is 6.07 Å². The van der Waals surface area contributed by atoms with E-state index in [9.17, 15) is 18.6 Å². The van der Waals surface area contributed by atoms with Gasteiger partial charge in [0.25, 0.3) is 0 Å². The van der Waals surface area contributed by atoms with Crippen LogP contribution >= 0.6 is 0 Å². The fourth-order valence-corrected chi connectivity index (χ4v) is 3.87. The molecule has 0 fully saturated rings. The monoisotopic (exact) mass is 354 g/mol. The average Bonchev–Trinajstić information content (AvgIpc) is 2.46. The molecule has 8 heteroatoms. The first-order valence-electron chi connectivity index (χ1n) is 7.48. The van der Waals surface area contributed by atoms with Crippen molar-refractivity contribution in [3.8, 4) is 0 Å². The van der Waals surface area contributed by atoms with Gasteiger partial charge in [0, 0.05) is 13.3 Å². The van der Waals surface area contributed by atoms with E-state index >= 15 is 0 Å². The maximum absolute atomic E-state index is 12.7. The Bertz CT molecular complexity index is 696. The second-order valence-corrected chi connectivity index (χ2v) is 7.50. The van der Waals surface area contributed by atoms with Crippen molar-refractivity contribution >= 4 is 28.2 Å². The van der Waals surface area contributed by atoms with Crippen LogP contribution in [0.4, 0.5) is 4.79 Å². The summed E-state index contributed by atoms with van der Waals surface area (Å²) in [6.07, 6.45) is -0.755. The molecule has 1 N–H and O–H groups in total. The SMILES string of the molecule is CC(=O)NS(=O)(CC(C)CC=O)=NC(=O)OC(C)c1ccccc1. The van der Waals surface area contributed by atoms with Crippen LogP contribution in [0.15, 0.2) is 34.7 Å². The van der Waals surface area contributed by atoms with Crippen LogP contribution in [0, 0.1) is 5.92 Å². The second kappa shape index (κ2) is 9.17. The van der Waals surface area contributed by atoms with Gasteiger partial charge in [-0.15, -0.1) is 4.36 Å². The van der Waals surface area contributed by atoms with Crippen molar-refractivity contribution in [2.45, 2.75) is 33.3 Å². The minimum atomic E-state index is -3.34. The number of rotatable bonds is 7. The zero-order chi connectivity index (χ0) is 18.2. The Hall–Kier alpha value is -2.22. The van der Waals surface area contributed by atoms with Crippen LogP contribution in [0.1, 0.15) is 38.9 Å². The Morgan fingerprint density at radius 3 is 2.46 bits per heavy atom. The molecule has 0 bridgehead atoms. The maximum atomic E-state index is 12.7. The van der Waals surface area contributed by atoms with Crippen molar-refractivity contribution < 1.29 is 23.3 Å². The molecule has 132 valence electrons. The molecular formula is C16H22N2O5S. The van der Waals surface area contributed by atoms with E-state index < -0.39 is 28.0 Å². The summed E-state index contributed by atoms with van der Waals surface area (Å²) in [6, 6.07) is 9.02. The molecule has 0 heterocycles. The maximum Gasteiger partial charge on any atom is 0.443 e. The van der Waals surface area contributed by atoms with Gasteiger partial charge in [0.15, 0.2) is 0 Å². The third kappa shape index (κ3) is 6.91. The number of aldehydes is 1. The normalized spacial score (nSPS) is 15.5. The first kappa shape index (κ1) is 19.8. The molecule has 0 aromatic heterocycles. The van der Waals surface area contributed by atoms with Gasteiger partial charge < -0.3 is 9.53 Å². The third-order valence-electron chi connectivity index (χ3n) is 3.08. The molecule has 3 unspecified atom stereocenters. The van der Waals surface area contributed by atoms with E-state index in [1.54, 1.807) is 38.1 Å². The van der Waals surface area contributed by atoms with Crippen LogP contribution in [0.3, 0.4) is 0 Å². The van der Waals surface area contributed by atoms with Crippen LogP contribution in [0.2, 0.25) is 0 Å².